The van der Waals surface area contributed by atoms with Crippen LogP contribution < -0.4 is 0 Å². The van der Waals surface area contributed by atoms with Crippen LogP contribution >= 0.6 is 0 Å². The van der Waals surface area contributed by atoms with E-state index in [1.165, 1.54) is 11.8 Å². The molecule has 1 fully saturated rings. The summed E-state index contributed by atoms with van der Waals surface area (Å²) < 4.78 is 5.20. The number of aliphatic hydroxyl groups excluding tert-OH is 1. The smallest absolute Gasteiger partial charge is 0.411 e. The molecule has 0 unspecified atom stereocenters. The number of amides is 1. The topological polar surface area (TPSA) is 87.1 Å². The molecular formula is C12H21NO5. The minimum absolute atomic E-state index is 0.0155. The number of nitrogens with zero attached hydrogens (tertiary/aromatic N) is 1. The SMILES string of the molecule is CC(C)(C)OC(=O)N1CC[C@@H](O)C[C@]1(C)C(=O)O. The van der Waals surface area contributed by atoms with Gasteiger partial charge in [-0.2, -0.15) is 0 Å². The standard InChI is InChI=1S/C12H21NO5/c1-11(2,3)18-10(17)13-6-5-8(14)7-12(13,4)9(15)16/h8,14H,5-7H2,1-4H3,(H,15,16)/t8-,12-/m1/s1. The van der Waals surface area contributed by atoms with Gasteiger partial charge in [-0.25, -0.2) is 9.59 Å². The molecule has 1 aliphatic rings. The van der Waals surface area contributed by atoms with E-state index in [0.29, 0.717) is 6.42 Å². The monoisotopic (exact) mass is 259 g/mol. The van der Waals surface area contributed by atoms with Gasteiger partial charge in [0.15, 0.2) is 0 Å². The Balaban J connectivity index is 2.91. The van der Waals surface area contributed by atoms with E-state index < -0.39 is 29.3 Å². The minimum atomic E-state index is -1.42. The molecule has 0 aromatic rings. The summed E-state index contributed by atoms with van der Waals surface area (Å²) in [6.07, 6.45) is -0.979. The molecule has 18 heavy (non-hydrogen) atoms. The molecule has 0 aromatic heterocycles. The van der Waals surface area contributed by atoms with E-state index in [2.05, 4.69) is 0 Å². The summed E-state index contributed by atoms with van der Waals surface area (Å²) in [6.45, 7) is 6.78. The van der Waals surface area contributed by atoms with Crippen LogP contribution in [0.5, 0.6) is 0 Å². The van der Waals surface area contributed by atoms with Crippen LogP contribution in [0.4, 0.5) is 4.79 Å². The number of carboxylic acids is 1. The van der Waals surface area contributed by atoms with Crippen molar-refractivity contribution < 1.29 is 24.5 Å². The summed E-state index contributed by atoms with van der Waals surface area (Å²) in [5, 5.41) is 18.9. The fourth-order valence-electron chi connectivity index (χ4n) is 2.01. The number of carboxylic acid groups (broad SMARTS) is 1. The van der Waals surface area contributed by atoms with E-state index in [-0.39, 0.29) is 13.0 Å². The maximum absolute atomic E-state index is 12.0. The highest BCUT2D eigenvalue weighted by molar-refractivity contribution is 5.84. The molecule has 2 N–H and O–H groups in total. The second kappa shape index (κ2) is 4.76. The zero-order valence-electron chi connectivity index (χ0n) is 11.3. The lowest BCUT2D eigenvalue weighted by molar-refractivity contribution is -0.155. The average Bonchev–Trinajstić information content (AvgIpc) is 2.13. The molecule has 104 valence electrons. The first-order valence-electron chi connectivity index (χ1n) is 5.98. The summed E-state index contributed by atoms with van der Waals surface area (Å²) in [5.41, 5.74) is -2.09. The highest BCUT2D eigenvalue weighted by Gasteiger charge is 2.48. The van der Waals surface area contributed by atoms with Gasteiger partial charge in [0.2, 0.25) is 0 Å². The number of piperidine rings is 1. The Morgan fingerprint density at radius 1 is 1.39 bits per heavy atom. The summed E-state index contributed by atoms with van der Waals surface area (Å²) in [6, 6.07) is 0. The van der Waals surface area contributed by atoms with Crippen LogP contribution in [0.2, 0.25) is 0 Å². The lowest BCUT2D eigenvalue weighted by atomic mass is 9.87. The number of hydrogen-bond acceptors (Lipinski definition) is 4. The van der Waals surface area contributed by atoms with Crippen molar-refractivity contribution in [3.05, 3.63) is 0 Å². The normalized spacial score (nSPS) is 28.9. The van der Waals surface area contributed by atoms with E-state index in [1.54, 1.807) is 20.8 Å². The van der Waals surface area contributed by atoms with Crippen molar-refractivity contribution in [2.45, 2.75) is 57.8 Å². The van der Waals surface area contributed by atoms with Crippen molar-refractivity contribution in [3.8, 4) is 0 Å². The molecule has 0 aliphatic carbocycles. The largest absolute Gasteiger partial charge is 0.480 e. The van der Waals surface area contributed by atoms with Crippen molar-refractivity contribution in [2.75, 3.05) is 6.54 Å². The highest BCUT2D eigenvalue weighted by atomic mass is 16.6. The number of ether oxygens (including phenoxy) is 1. The number of carbonyl (C=O) groups is 2. The molecule has 1 saturated heterocycles. The molecule has 0 bridgehead atoms. The summed E-state index contributed by atoms with van der Waals surface area (Å²) in [4.78, 5) is 24.5. The number of likely N-dealkylation sites (tertiary alicyclic amines) is 1. The second-order valence-corrected chi connectivity index (χ2v) is 5.86. The highest BCUT2D eigenvalue weighted by Crippen LogP contribution is 2.30. The van der Waals surface area contributed by atoms with Crippen LogP contribution in [0.3, 0.4) is 0 Å². The van der Waals surface area contributed by atoms with Gasteiger partial charge in [0.05, 0.1) is 6.10 Å². The molecule has 0 radical (unpaired) electrons. The van der Waals surface area contributed by atoms with Gasteiger partial charge in [-0.3, -0.25) is 4.90 Å². The van der Waals surface area contributed by atoms with Gasteiger partial charge in [0, 0.05) is 13.0 Å². The van der Waals surface area contributed by atoms with Crippen molar-refractivity contribution in [2.24, 2.45) is 0 Å². The molecule has 0 aromatic carbocycles. The van der Waals surface area contributed by atoms with E-state index in [9.17, 15) is 19.8 Å². The van der Waals surface area contributed by atoms with Gasteiger partial charge < -0.3 is 14.9 Å². The molecule has 0 spiro atoms. The Morgan fingerprint density at radius 3 is 2.39 bits per heavy atom. The van der Waals surface area contributed by atoms with Crippen LogP contribution in [-0.4, -0.2) is 51.0 Å². The first-order valence-corrected chi connectivity index (χ1v) is 5.98. The maximum atomic E-state index is 12.0. The third-order valence-electron chi connectivity index (χ3n) is 2.99. The van der Waals surface area contributed by atoms with Crippen LogP contribution in [0.15, 0.2) is 0 Å². The lowest BCUT2D eigenvalue weighted by Gasteiger charge is -2.43. The Morgan fingerprint density at radius 2 is 1.94 bits per heavy atom. The van der Waals surface area contributed by atoms with Crippen LogP contribution in [0, 0.1) is 0 Å². The number of hydrogen-bond donors (Lipinski definition) is 2. The number of aliphatic carboxylic acids is 1. The molecular weight excluding hydrogens is 238 g/mol. The molecule has 2 atom stereocenters. The first-order chi connectivity index (χ1) is 8.06. The van der Waals surface area contributed by atoms with E-state index in [4.69, 9.17) is 4.74 Å². The predicted molar refractivity (Wildman–Crippen MR) is 64.2 cm³/mol. The molecule has 6 heteroatoms. The molecule has 6 nitrogen and oxygen atoms in total. The van der Waals surface area contributed by atoms with Gasteiger partial charge in [-0.15, -0.1) is 0 Å². The Hall–Kier alpha value is -1.30. The summed E-state index contributed by atoms with van der Waals surface area (Å²) >= 11 is 0. The van der Waals surface area contributed by atoms with Crippen LogP contribution in [0.25, 0.3) is 0 Å². The third kappa shape index (κ3) is 3.13. The summed E-state index contributed by atoms with van der Waals surface area (Å²) in [5.74, 6) is -1.13. The van der Waals surface area contributed by atoms with Gasteiger partial charge in [0.25, 0.3) is 0 Å². The molecule has 1 rings (SSSR count). The lowest BCUT2D eigenvalue weighted by Crippen LogP contribution is -2.60. The summed E-state index contributed by atoms with van der Waals surface area (Å²) in [7, 11) is 0. The number of rotatable bonds is 1. The fourth-order valence-corrected chi connectivity index (χ4v) is 2.01. The van der Waals surface area contributed by atoms with Crippen molar-refractivity contribution >= 4 is 12.1 Å². The molecule has 1 heterocycles. The van der Waals surface area contributed by atoms with E-state index >= 15 is 0 Å². The van der Waals surface area contributed by atoms with E-state index in [0.717, 1.165) is 0 Å². The first kappa shape index (κ1) is 14.8. The zero-order chi connectivity index (χ0) is 14.1. The Bertz CT molecular complexity index is 349. The molecule has 1 amide bonds. The van der Waals surface area contributed by atoms with Gasteiger partial charge in [-0.05, 0) is 34.1 Å². The second-order valence-electron chi connectivity index (χ2n) is 5.86. The Labute approximate surface area is 107 Å². The maximum Gasteiger partial charge on any atom is 0.411 e. The number of carbonyl (C=O) groups excluding carboxylic acids is 1. The van der Waals surface area contributed by atoms with Gasteiger partial charge in [0.1, 0.15) is 11.1 Å². The average molecular weight is 259 g/mol. The van der Waals surface area contributed by atoms with Crippen molar-refractivity contribution in [3.63, 3.8) is 0 Å². The van der Waals surface area contributed by atoms with Crippen LogP contribution in [-0.2, 0) is 9.53 Å². The van der Waals surface area contributed by atoms with Gasteiger partial charge >= 0.3 is 12.1 Å². The number of aliphatic hydroxyl groups is 1. The predicted octanol–water partition coefficient (Wildman–Crippen LogP) is 1.22. The fraction of sp³-hybridized carbons (Fsp3) is 0.833. The van der Waals surface area contributed by atoms with Crippen molar-refractivity contribution in [1.29, 1.82) is 0 Å². The minimum Gasteiger partial charge on any atom is -0.480 e. The zero-order valence-corrected chi connectivity index (χ0v) is 11.3. The van der Waals surface area contributed by atoms with Crippen molar-refractivity contribution in [1.82, 2.24) is 4.90 Å². The quantitative estimate of drug-likeness (QED) is 0.739. The third-order valence-corrected chi connectivity index (χ3v) is 2.99. The van der Waals surface area contributed by atoms with Gasteiger partial charge in [-0.1, -0.05) is 0 Å². The Kier molecular flexibility index (Phi) is 3.90. The molecule has 0 saturated carbocycles. The van der Waals surface area contributed by atoms with Crippen LogP contribution in [0.1, 0.15) is 40.5 Å². The molecule has 1 aliphatic heterocycles. The van der Waals surface area contributed by atoms with E-state index in [1.807, 2.05) is 0 Å².